The van der Waals surface area contributed by atoms with Crippen LogP contribution >= 0.6 is 0 Å². The van der Waals surface area contributed by atoms with Crippen molar-refractivity contribution in [1.82, 2.24) is 15.1 Å². The van der Waals surface area contributed by atoms with Crippen LogP contribution < -0.4 is 5.32 Å². The van der Waals surface area contributed by atoms with Gasteiger partial charge in [0.2, 0.25) is 11.8 Å². The van der Waals surface area contributed by atoms with E-state index in [-0.39, 0.29) is 23.2 Å². The first-order valence-electron chi connectivity index (χ1n) is 10.5. The standard InChI is InChI=1S/C25H32N4O2/c1-24(2,3)19-14-12-18(13-15-19)20-21(30)29(6)23(26)27-25(20,4)22(31)28(5)16-17-10-8-7-9-11-17/h7-15,20H,16H2,1-6H3,(H2,26,27)/t20-,25-/m0/s1. The number of hydrogen-bond acceptors (Lipinski definition) is 3. The average Bonchev–Trinajstić information content (AvgIpc) is 2.72. The minimum absolute atomic E-state index is 0.0126. The molecule has 164 valence electrons. The maximum absolute atomic E-state index is 13.6. The van der Waals surface area contributed by atoms with Crippen LogP contribution in [-0.4, -0.2) is 47.2 Å². The minimum atomic E-state index is -1.27. The summed E-state index contributed by atoms with van der Waals surface area (Å²) in [7, 11) is 3.29. The Morgan fingerprint density at radius 1 is 1.13 bits per heavy atom. The second-order valence-corrected chi connectivity index (χ2v) is 9.53. The highest BCUT2D eigenvalue weighted by Crippen LogP contribution is 2.36. The van der Waals surface area contributed by atoms with Gasteiger partial charge in [-0.1, -0.05) is 75.4 Å². The first kappa shape index (κ1) is 22.5. The third kappa shape index (κ3) is 4.33. The summed E-state index contributed by atoms with van der Waals surface area (Å²) in [5.41, 5.74) is 1.63. The summed E-state index contributed by atoms with van der Waals surface area (Å²) in [6.07, 6.45) is 0. The van der Waals surface area contributed by atoms with E-state index in [1.807, 2.05) is 54.6 Å². The van der Waals surface area contributed by atoms with Gasteiger partial charge in [-0.3, -0.25) is 19.9 Å². The molecule has 2 atom stereocenters. The lowest BCUT2D eigenvalue weighted by Gasteiger charge is -2.45. The maximum atomic E-state index is 13.6. The first-order valence-corrected chi connectivity index (χ1v) is 10.5. The van der Waals surface area contributed by atoms with Crippen LogP contribution in [0.3, 0.4) is 0 Å². The van der Waals surface area contributed by atoms with E-state index in [0.717, 1.165) is 16.7 Å². The van der Waals surface area contributed by atoms with Gasteiger partial charge in [0.15, 0.2) is 5.96 Å². The van der Waals surface area contributed by atoms with E-state index in [1.54, 1.807) is 25.9 Å². The van der Waals surface area contributed by atoms with E-state index in [0.29, 0.717) is 6.54 Å². The van der Waals surface area contributed by atoms with E-state index in [1.165, 1.54) is 4.90 Å². The fourth-order valence-electron chi connectivity index (χ4n) is 4.11. The zero-order valence-corrected chi connectivity index (χ0v) is 19.2. The predicted molar refractivity (Wildman–Crippen MR) is 123 cm³/mol. The van der Waals surface area contributed by atoms with E-state index in [9.17, 15) is 9.59 Å². The highest BCUT2D eigenvalue weighted by atomic mass is 16.2. The van der Waals surface area contributed by atoms with Gasteiger partial charge in [-0.25, -0.2) is 0 Å². The van der Waals surface area contributed by atoms with Crippen molar-refractivity contribution in [3.8, 4) is 0 Å². The van der Waals surface area contributed by atoms with Crippen molar-refractivity contribution >= 4 is 17.8 Å². The lowest BCUT2D eigenvalue weighted by Crippen LogP contribution is -2.69. The third-order valence-electron chi connectivity index (χ3n) is 6.03. The number of carbonyl (C=O) groups is 2. The van der Waals surface area contributed by atoms with Gasteiger partial charge < -0.3 is 10.2 Å². The number of nitrogens with one attached hydrogen (secondary N) is 2. The molecule has 2 aromatic carbocycles. The van der Waals surface area contributed by atoms with Gasteiger partial charge in [0.1, 0.15) is 5.54 Å². The molecule has 31 heavy (non-hydrogen) atoms. The first-order chi connectivity index (χ1) is 14.4. The third-order valence-corrected chi connectivity index (χ3v) is 6.03. The van der Waals surface area contributed by atoms with Crippen LogP contribution in [0.25, 0.3) is 0 Å². The summed E-state index contributed by atoms with van der Waals surface area (Å²) >= 11 is 0. The molecule has 0 unspecified atom stereocenters. The number of hydrogen-bond donors (Lipinski definition) is 2. The fourth-order valence-corrected chi connectivity index (χ4v) is 4.11. The number of rotatable bonds is 4. The number of benzene rings is 2. The molecule has 2 amide bonds. The van der Waals surface area contributed by atoms with Crippen LogP contribution in [0.5, 0.6) is 0 Å². The molecular formula is C25H32N4O2. The Morgan fingerprint density at radius 3 is 2.26 bits per heavy atom. The van der Waals surface area contributed by atoms with E-state index in [2.05, 4.69) is 26.1 Å². The normalized spacial score (nSPS) is 21.6. The van der Waals surface area contributed by atoms with Crippen molar-refractivity contribution in [2.75, 3.05) is 14.1 Å². The monoisotopic (exact) mass is 420 g/mol. The topological polar surface area (TPSA) is 76.5 Å². The van der Waals surface area contributed by atoms with Gasteiger partial charge in [-0.2, -0.15) is 0 Å². The Morgan fingerprint density at radius 2 is 1.71 bits per heavy atom. The zero-order chi connectivity index (χ0) is 23.0. The average molecular weight is 421 g/mol. The molecular weight excluding hydrogens is 388 g/mol. The summed E-state index contributed by atoms with van der Waals surface area (Å²) in [6.45, 7) is 8.55. The smallest absolute Gasteiger partial charge is 0.249 e. The molecule has 6 nitrogen and oxygen atoms in total. The molecule has 0 saturated carbocycles. The largest absolute Gasteiger partial charge is 0.341 e. The highest BCUT2D eigenvalue weighted by Gasteiger charge is 2.53. The summed E-state index contributed by atoms with van der Waals surface area (Å²) < 4.78 is 0. The highest BCUT2D eigenvalue weighted by molar-refractivity contribution is 6.08. The summed E-state index contributed by atoms with van der Waals surface area (Å²) in [5, 5.41) is 11.3. The van der Waals surface area contributed by atoms with Crippen LogP contribution in [0.2, 0.25) is 0 Å². The zero-order valence-electron chi connectivity index (χ0n) is 19.2. The van der Waals surface area contributed by atoms with Crippen molar-refractivity contribution in [2.24, 2.45) is 0 Å². The van der Waals surface area contributed by atoms with Gasteiger partial charge in [0.25, 0.3) is 0 Å². The molecule has 2 aromatic rings. The van der Waals surface area contributed by atoms with E-state index < -0.39 is 11.5 Å². The van der Waals surface area contributed by atoms with Gasteiger partial charge in [-0.05, 0) is 29.0 Å². The molecule has 1 aliphatic rings. The van der Waals surface area contributed by atoms with Crippen LogP contribution in [0.1, 0.15) is 50.3 Å². The quantitative estimate of drug-likeness (QED) is 0.795. The Hall–Kier alpha value is -3.15. The van der Waals surface area contributed by atoms with Crippen LogP contribution in [0, 0.1) is 5.41 Å². The Balaban J connectivity index is 1.98. The van der Waals surface area contributed by atoms with Crippen molar-refractivity contribution in [3.63, 3.8) is 0 Å². The molecule has 0 radical (unpaired) electrons. The van der Waals surface area contributed by atoms with Crippen molar-refractivity contribution in [2.45, 2.75) is 51.1 Å². The maximum Gasteiger partial charge on any atom is 0.249 e. The van der Waals surface area contributed by atoms with Crippen molar-refractivity contribution < 1.29 is 9.59 Å². The predicted octanol–water partition coefficient (Wildman–Crippen LogP) is 3.48. The summed E-state index contributed by atoms with van der Waals surface area (Å²) in [5.74, 6) is -1.31. The number of nitrogens with zero attached hydrogens (tertiary/aromatic N) is 2. The Bertz CT molecular complexity index is 979. The summed E-state index contributed by atoms with van der Waals surface area (Å²) in [4.78, 5) is 29.8. The molecule has 0 spiro atoms. The molecule has 0 bridgehead atoms. The van der Waals surface area contributed by atoms with Gasteiger partial charge in [0.05, 0.1) is 5.92 Å². The van der Waals surface area contributed by atoms with Crippen molar-refractivity contribution in [3.05, 3.63) is 71.3 Å². The minimum Gasteiger partial charge on any atom is -0.341 e. The molecule has 2 N–H and O–H groups in total. The number of likely N-dealkylation sites (N-methyl/N-ethyl adjacent to an activating group) is 2. The number of carbonyl (C=O) groups excluding carboxylic acids is 2. The molecule has 1 aliphatic heterocycles. The van der Waals surface area contributed by atoms with Crippen LogP contribution in [0.4, 0.5) is 0 Å². The summed E-state index contributed by atoms with van der Waals surface area (Å²) in [6, 6.07) is 17.6. The Kier molecular flexibility index (Phi) is 5.94. The van der Waals surface area contributed by atoms with Crippen LogP contribution in [0.15, 0.2) is 54.6 Å². The molecule has 1 heterocycles. The molecule has 0 aliphatic carbocycles. The second kappa shape index (κ2) is 8.17. The van der Waals surface area contributed by atoms with Gasteiger partial charge in [0, 0.05) is 20.6 Å². The van der Waals surface area contributed by atoms with Crippen LogP contribution in [-0.2, 0) is 21.5 Å². The fraction of sp³-hybridized carbons (Fsp3) is 0.400. The molecule has 1 fully saturated rings. The van der Waals surface area contributed by atoms with E-state index >= 15 is 0 Å². The SMILES string of the molecule is CN(Cc1ccccc1)C(=O)[C@@]1(C)NC(=N)N(C)C(=O)[C@@H]1c1ccc(C(C)(C)C)cc1. The number of amides is 2. The van der Waals surface area contributed by atoms with Gasteiger partial charge in [-0.15, -0.1) is 0 Å². The van der Waals surface area contributed by atoms with E-state index in [4.69, 9.17) is 5.41 Å². The lowest BCUT2D eigenvalue weighted by atomic mass is 9.76. The second-order valence-electron chi connectivity index (χ2n) is 9.53. The van der Waals surface area contributed by atoms with Crippen molar-refractivity contribution in [1.29, 1.82) is 5.41 Å². The molecule has 0 aromatic heterocycles. The molecule has 3 rings (SSSR count). The number of guanidine groups is 1. The lowest BCUT2D eigenvalue weighted by molar-refractivity contribution is -0.144. The molecule has 6 heteroatoms. The molecule has 1 saturated heterocycles. The Labute approximate surface area is 184 Å². The van der Waals surface area contributed by atoms with Gasteiger partial charge >= 0.3 is 0 Å².